The van der Waals surface area contributed by atoms with Crippen LogP contribution >= 0.6 is 0 Å². The van der Waals surface area contributed by atoms with E-state index in [0.717, 1.165) is 0 Å². The first kappa shape index (κ1) is 10.9. The highest BCUT2D eigenvalue weighted by Gasteiger charge is 1.73. The zero-order valence-corrected chi connectivity index (χ0v) is 5.92. The molecule has 0 aromatic heterocycles. The summed E-state index contributed by atoms with van der Waals surface area (Å²) in [6.45, 7) is 7.77. The maximum Gasteiger partial charge on any atom is 0.309 e. The minimum Gasteiger partial charge on any atom is -0.352 e. The van der Waals surface area contributed by atoms with Gasteiger partial charge in [0.25, 0.3) is 0 Å². The van der Waals surface area contributed by atoms with Crippen LogP contribution in [0.2, 0.25) is 0 Å². The smallest absolute Gasteiger partial charge is 0.309 e. The maximum absolute atomic E-state index is 9.00. The molecule has 0 aromatic rings. The average Bonchev–Trinajstić information content (AvgIpc) is 1.65. The van der Waals surface area contributed by atoms with Gasteiger partial charge in [0.2, 0.25) is 0 Å². The van der Waals surface area contributed by atoms with Gasteiger partial charge in [0.1, 0.15) is 0 Å². The van der Waals surface area contributed by atoms with Crippen LogP contribution in [0.4, 0.5) is 4.79 Å². The van der Waals surface area contributed by atoms with Crippen LogP contribution in [0.5, 0.6) is 0 Å². The second-order valence-electron chi connectivity index (χ2n) is 1.88. The number of rotatable bonds is 1. The molecule has 0 rings (SSSR count). The summed E-state index contributed by atoms with van der Waals surface area (Å²) in [7, 11) is 0. The quantitative estimate of drug-likeness (QED) is 0.507. The molecule has 0 aromatic carbocycles. The molecule has 0 aliphatic carbocycles. The van der Waals surface area contributed by atoms with E-state index in [2.05, 4.69) is 31.9 Å². The van der Waals surface area contributed by atoms with Gasteiger partial charge in [-0.15, -0.1) is 6.58 Å². The van der Waals surface area contributed by atoms with Gasteiger partial charge in [0.15, 0.2) is 0 Å². The molecule has 9 heavy (non-hydrogen) atoms. The van der Waals surface area contributed by atoms with Crippen LogP contribution in [-0.4, -0.2) is 6.03 Å². The second kappa shape index (κ2) is 7.01. The van der Waals surface area contributed by atoms with Crippen molar-refractivity contribution in [3.8, 4) is 0 Å². The first-order chi connectivity index (χ1) is 4.00. The van der Waals surface area contributed by atoms with Crippen molar-refractivity contribution in [2.45, 2.75) is 13.8 Å². The molecule has 0 aliphatic heterocycles. The number of carbonyl (C=O) groups is 1. The molecule has 3 nitrogen and oxygen atoms in total. The Labute approximate surface area is 55.7 Å². The maximum atomic E-state index is 9.00. The Bertz CT molecular complexity index is 85.1. The number of urea groups is 1. The standard InChI is InChI=1S/C5H10.CH4N2O/c1-4-5(2)3;2-1(3)4/h4-5H,1H2,2-3H3;(H4,2,3,4). The molecule has 0 fully saturated rings. The van der Waals surface area contributed by atoms with Gasteiger partial charge in [-0.05, 0) is 5.92 Å². The first-order valence-corrected chi connectivity index (χ1v) is 2.68. The zero-order chi connectivity index (χ0) is 7.86. The predicted molar refractivity (Wildman–Crippen MR) is 38.8 cm³/mol. The third-order valence-corrected chi connectivity index (χ3v) is 0.471. The molecule has 0 atom stereocenters. The minimum absolute atomic E-state index is 0.648. The number of primary amides is 2. The van der Waals surface area contributed by atoms with E-state index in [1.165, 1.54) is 0 Å². The van der Waals surface area contributed by atoms with Gasteiger partial charge >= 0.3 is 6.03 Å². The fourth-order valence-electron chi connectivity index (χ4n) is 0. The lowest BCUT2D eigenvalue weighted by atomic mass is 10.2. The molecule has 0 bridgehead atoms. The number of amides is 2. The molecule has 54 valence electrons. The van der Waals surface area contributed by atoms with Crippen molar-refractivity contribution in [2.75, 3.05) is 0 Å². The summed E-state index contributed by atoms with van der Waals surface area (Å²) in [6, 6.07) is -0.833. The van der Waals surface area contributed by atoms with Crippen molar-refractivity contribution in [3.63, 3.8) is 0 Å². The van der Waals surface area contributed by atoms with E-state index in [9.17, 15) is 0 Å². The number of hydrogen-bond donors (Lipinski definition) is 2. The van der Waals surface area contributed by atoms with Crippen LogP contribution in [0, 0.1) is 5.92 Å². The molecule has 0 radical (unpaired) electrons. The van der Waals surface area contributed by atoms with Crippen LogP contribution in [0.3, 0.4) is 0 Å². The monoisotopic (exact) mass is 130 g/mol. The number of allylic oxidation sites excluding steroid dienone is 1. The third-order valence-electron chi connectivity index (χ3n) is 0.471. The van der Waals surface area contributed by atoms with Crippen molar-refractivity contribution in [3.05, 3.63) is 12.7 Å². The molecule has 4 N–H and O–H groups in total. The lowest BCUT2D eigenvalue weighted by Gasteiger charge is -1.84. The van der Waals surface area contributed by atoms with E-state index < -0.39 is 6.03 Å². The van der Waals surface area contributed by atoms with E-state index in [4.69, 9.17) is 4.79 Å². The third kappa shape index (κ3) is 172. The Balaban J connectivity index is 0. The molecule has 0 saturated heterocycles. The van der Waals surface area contributed by atoms with Crippen molar-refractivity contribution in [2.24, 2.45) is 17.4 Å². The summed E-state index contributed by atoms with van der Waals surface area (Å²) in [4.78, 5) is 9.00. The van der Waals surface area contributed by atoms with E-state index >= 15 is 0 Å². The largest absolute Gasteiger partial charge is 0.352 e. The summed E-state index contributed by atoms with van der Waals surface area (Å²) >= 11 is 0. The molecule has 0 unspecified atom stereocenters. The Kier molecular flexibility index (Phi) is 8.49. The lowest BCUT2D eigenvalue weighted by Crippen LogP contribution is -2.18. The van der Waals surface area contributed by atoms with Crippen LogP contribution in [-0.2, 0) is 0 Å². The van der Waals surface area contributed by atoms with Gasteiger partial charge in [-0.2, -0.15) is 0 Å². The highest BCUT2D eigenvalue weighted by Crippen LogP contribution is 1.87. The minimum atomic E-state index is -0.833. The van der Waals surface area contributed by atoms with E-state index in [1.54, 1.807) is 0 Å². The lowest BCUT2D eigenvalue weighted by molar-refractivity contribution is 0.256. The van der Waals surface area contributed by atoms with Crippen molar-refractivity contribution >= 4 is 6.03 Å². The van der Waals surface area contributed by atoms with Gasteiger partial charge in [-0.1, -0.05) is 19.9 Å². The van der Waals surface area contributed by atoms with E-state index in [1.807, 2.05) is 6.08 Å². The van der Waals surface area contributed by atoms with Crippen molar-refractivity contribution in [1.29, 1.82) is 0 Å². The summed E-state index contributed by atoms with van der Waals surface area (Å²) in [5, 5.41) is 0. The molecular weight excluding hydrogens is 116 g/mol. The predicted octanol–water partition coefficient (Wildman–Crippen LogP) is 0.852. The van der Waals surface area contributed by atoms with Crippen LogP contribution in [0.25, 0.3) is 0 Å². The van der Waals surface area contributed by atoms with Crippen molar-refractivity contribution in [1.82, 2.24) is 0 Å². The summed E-state index contributed by atoms with van der Waals surface area (Å²) < 4.78 is 0. The Morgan fingerprint density at radius 1 is 1.56 bits per heavy atom. The number of nitrogens with two attached hydrogens (primary N) is 2. The summed E-state index contributed by atoms with van der Waals surface area (Å²) in [5.74, 6) is 0.648. The zero-order valence-electron chi connectivity index (χ0n) is 5.92. The number of hydrogen-bond acceptors (Lipinski definition) is 1. The normalized spacial score (nSPS) is 7.44. The highest BCUT2D eigenvalue weighted by molar-refractivity contribution is 5.69. The average molecular weight is 130 g/mol. The molecule has 0 saturated carbocycles. The fourth-order valence-corrected chi connectivity index (χ4v) is 0. The molecule has 3 heteroatoms. The molecule has 0 aliphatic rings. The highest BCUT2D eigenvalue weighted by atomic mass is 16.2. The van der Waals surface area contributed by atoms with E-state index in [-0.39, 0.29) is 0 Å². The first-order valence-electron chi connectivity index (χ1n) is 2.68. The van der Waals surface area contributed by atoms with Gasteiger partial charge < -0.3 is 11.5 Å². The second-order valence-corrected chi connectivity index (χ2v) is 1.88. The Hall–Kier alpha value is -0.990. The molecule has 0 spiro atoms. The summed E-state index contributed by atoms with van der Waals surface area (Å²) in [5.41, 5.74) is 8.50. The topological polar surface area (TPSA) is 69.1 Å². The van der Waals surface area contributed by atoms with E-state index in [0.29, 0.717) is 5.92 Å². The number of carbonyl (C=O) groups excluding carboxylic acids is 1. The molecule has 2 amide bonds. The van der Waals surface area contributed by atoms with Gasteiger partial charge in [-0.3, -0.25) is 0 Å². The molecular formula is C6H14N2O. The van der Waals surface area contributed by atoms with Gasteiger partial charge in [0.05, 0.1) is 0 Å². The Morgan fingerprint density at radius 2 is 1.67 bits per heavy atom. The van der Waals surface area contributed by atoms with Gasteiger partial charge in [0, 0.05) is 0 Å². The van der Waals surface area contributed by atoms with Gasteiger partial charge in [-0.25, -0.2) is 4.79 Å². The Morgan fingerprint density at radius 3 is 1.67 bits per heavy atom. The molecule has 0 heterocycles. The SMILES string of the molecule is C=CC(C)C.NC(N)=O. The van der Waals surface area contributed by atoms with Crippen LogP contribution < -0.4 is 11.5 Å². The van der Waals surface area contributed by atoms with Crippen molar-refractivity contribution < 1.29 is 4.79 Å². The van der Waals surface area contributed by atoms with Crippen LogP contribution in [0.1, 0.15) is 13.8 Å². The summed E-state index contributed by atoms with van der Waals surface area (Å²) in [6.07, 6.45) is 1.92. The fraction of sp³-hybridized carbons (Fsp3) is 0.500. The van der Waals surface area contributed by atoms with Crippen LogP contribution in [0.15, 0.2) is 12.7 Å².